The zero-order valence-electron chi connectivity index (χ0n) is 19.0. The van der Waals surface area contributed by atoms with Gasteiger partial charge in [0, 0.05) is 37.2 Å². The number of hydrogen-bond acceptors (Lipinski definition) is 3. The smallest absolute Gasteiger partial charge is 0.251 e. The summed E-state index contributed by atoms with van der Waals surface area (Å²) in [6, 6.07) is 28.0. The van der Waals surface area contributed by atoms with Crippen LogP contribution in [-0.4, -0.2) is 37.5 Å². The van der Waals surface area contributed by atoms with Gasteiger partial charge in [-0.25, -0.2) is 0 Å². The summed E-state index contributed by atoms with van der Waals surface area (Å²) in [6.07, 6.45) is 0.623. The lowest BCUT2D eigenvalue weighted by molar-refractivity contribution is -0.125. The Morgan fingerprint density at radius 2 is 1.48 bits per heavy atom. The Morgan fingerprint density at radius 3 is 2.09 bits per heavy atom. The average molecular weight is 442 g/mol. The molecule has 1 fully saturated rings. The van der Waals surface area contributed by atoms with Crippen LogP contribution in [0.25, 0.3) is 0 Å². The van der Waals surface area contributed by atoms with Crippen molar-refractivity contribution in [3.8, 4) is 0 Å². The molecule has 0 saturated carbocycles. The van der Waals surface area contributed by atoms with Gasteiger partial charge in [0.15, 0.2) is 0 Å². The van der Waals surface area contributed by atoms with Gasteiger partial charge in [-0.2, -0.15) is 0 Å². The van der Waals surface area contributed by atoms with Gasteiger partial charge in [-0.3, -0.25) is 9.59 Å². The molecule has 1 aliphatic rings. The number of hydrogen-bond donors (Lipinski definition) is 3. The van der Waals surface area contributed by atoms with Gasteiger partial charge in [-0.05, 0) is 36.6 Å². The van der Waals surface area contributed by atoms with Crippen molar-refractivity contribution in [2.45, 2.75) is 25.3 Å². The molecule has 1 aliphatic heterocycles. The van der Waals surface area contributed by atoms with Crippen molar-refractivity contribution in [1.82, 2.24) is 16.0 Å². The molecule has 0 unspecified atom stereocenters. The van der Waals surface area contributed by atoms with Gasteiger partial charge in [-0.15, -0.1) is 0 Å². The van der Waals surface area contributed by atoms with Gasteiger partial charge in [0.2, 0.25) is 5.91 Å². The second-order valence-corrected chi connectivity index (χ2v) is 8.75. The molecule has 5 nitrogen and oxygen atoms in total. The Balaban J connectivity index is 1.36. The van der Waals surface area contributed by atoms with Crippen LogP contribution in [0.1, 0.15) is 39.4 Å². The van der Waals surface area contributed by atoms with Crippen LogP contribution in [-0.2, 0) is 4.79 Å². The zero-order valence-corrected chi connectivity index (χ0v) is 19.0. The Morgan fingerprint density at radius 1 is 0.879 bits per heavy atom. The van der Waals surface area contributed by atoms with Crippen molar-refractivity contribution < 1.29 is 9.59 Å². The van der Waals surface area contributed by atoms with Crippen molar-refractivity contribution in [2.24, 2.45) is 5.92 Å². The lowest BCUT2D eigenvalue weighted by Gasteiger charge is -2.30. The fourth-order valence-corrected chi connectivity index (χ4v) is 4.37. The number of aryl methyl sites for hydroxylation is 1. The van der Waals surface area contributed by atoms with Crippen LogP contribution in [0.2, 0.25) is 0 Å². The molecule has 0 aliphatic carbocycles. The maximum absolute atomic E-state index is 13.0. The van der Waals surface area contributed by atoms with E-state index < -0.39 is 0 Å². The van der Waals surface area contributed by atoms with E-state index in [-0.39, 0.29) is 29.7 Å². The molecular weight excluding hydrogens is 410 g/mol. The van der Waals surface area contributed by atoms with Crippen LogP contribution in [0.4, 0.5) is 0 Å². The number of piperidine rings is 1. The molecule has 3 aromatic carbocycles. The van der Waals surface area contributed by atoms with Crippen LogP contribution in [0.3, 0.4) is 0 Å². The molecule has 4 rings (SSSR count). The van der Waals surface area contributed by atoms with E-state index in [1.54, 1.807) is 0 Å². The van der Waals surface area contributed by atoms with E-state index >= 15 is 0 Å². The van der Waals surface area contributed by atoms with Crippen molar-refractivity contribution in [3.05, 3.63) is 107 Å². The first kappa shape index (κ1) is 22.7. The summed E-state index contributed by atoms with van der Waals surface area (Å²) < 4.78 is 0. The molecule has 3 N–H and O–H groups in total. The molecule has 2 amide bonds. The van der Waals surface area contributed by atoms with Crippen LogP contribution in [0, 0.1) is 12.8 Å². The lowest BCUT2D eigenvalue weighted by atomic mass is 9.90. The number of nitrogens with one attached hydrogen (secondary N) is 3. The topological polar surface area (TPSA) is 70.2 Å². The summed E-state index contributed by atoms with van der Waals surface area (Å²) in [5.41, 5.74) is 4.11. The highest BCUT2D eigenvalue weighted by Crippen LogP contribution is 2.24. The summed E-state index contributed by atoms with van der Waals surface area (Å²) in [6.45, 7) is 3.81. The van der Waals surface area contributed by atoms with E-state index in [4.69, 9.17) is 0 Å². The first-order valence-corrected chi connectivity index (χ1v) is 11.6. The van der Waals surface area contributed by atoms with E-state index in [2.05, 4.69) is 40.2 Å². The fraction of sp³-hybridized carbons (Fsp3) is 0.286. The van der Waals surface area contributed by atoms with Crippen LogP contribution in [0.15, 0.2) is 84.9 Å². The average Bonchev–Trinajstić information content (AvgIpc) is 2.86. The maximum atomic E-state index is 13.0. The third kappa shape index (κ3) is 6.08. The van der Waals surface area contributed by atoms with E-state index in [9.17, 15) is 9.59 Å². The van der Waals surface area contributed by atoms with Crippen LogP contribution >= 0.6 is 0 Å². The first-order chi connectivity index (χ1) is 16.1. The summed E-state index contributed by atoms with van der Waals surface area (Å²) in [5.74, 6) is -0.177. The van der Waals surface area contributed by atoms with Crippen LogP contribution in [0.5, 0.6) is 0 Å². The minimum Gasteiger partial charge on any atom is -0.355 e. The molecule has 33 heavy (non-hydrogen) atoms. The van der Waals surface area contributed by atoms with E-state index in [0.29, 0.717) is 31.6 Å². The SMILES string of the molecule is Cc1ccc(C(=O)N[C@H]2CNC[C@@H](C(=O)NCC(c3ccccc3)c3ccccc3)C2)cc1. The highest BCUT2D eigenvalue weighted by atomic mass is 16.2. The standard InChI is InChI=1S/C28H31N3O2/c1-20-12-14-23(15-13-20)28(33)31-25-16-24(17-29-18-25)27(32)30-19-26(21-8-4-2-5-9-21)22-10-6-3-7-11-22/h2-15,24-26,29H,16-19H2,1H3,(H,30,32)(H,31,33)/t24-,25+/m0/s1. The predicted molar refractivity (Wildman–Crippen MR) is 131 cm³/mol. The third-order valence-electron chi connectivity index (χ3n) is 6.25. The van der Waals surface area contributed by atoms with E-state index in [0.717, 1.165) is 5.56 Å². The van der Waals surface area contributed by atoms with Gasteiger partial charge in [0.1, 0.15) is 0 Å². The van der Waals surface area contributed by atoms with Crippen molar-refractivity contribution in [3.63, 3.8) is 0 Å². The molecule has 3 aromatic rings. The second kappa shape index (κ2) is 10.9. The van der Waals surface area contributed by atoms with E-state index in [1.165, 1.54) is 11.1 Å². The van der Waals surface area contributed by atoms with Gasteiger partial charge in [0.05, 0.1) is 5.92 Å². The van der Waals surface area contributed by atoms with Crippen molar-refractivity contribution in [1.29, 1.82) is 0 Å². The highest BCUT2D eigenvalue weighted by Gasteiger charge is 2.28. The summed E-state index contributed by atoms with van der Waals surface area (Å²) in [7, 11) is 0. The Labute approximate surface area is 195 Å². The van der Waals surface area contributed by atoms with Gasteiger partial charge >= 0.3 is 0 Å². The lowest BCUT2D eigenvalue weighted by Crippen LogP contribution is -2.52. The molecule has 0 radical (unpaired) electrons. The zero-order chi connectivity index (χ0) is 23.0. The minimum absolute atomic E-state index is 0.0219. The normalized spacial score (nSPS) is 18.0. The van der Waals surface area contributed by atoms with Gasteiger partial charge in [0.25, 0.3) is 5.91 Å². The second-order valence-electron chi connectivity index (χ2n) is 8.75. The molecule has 1 saturated heterocycles. The molecule has 2 atom stereocenters. The number of carbonyl (C=O) groups is 2. The number of benzene rings is 3. The molecular formula is C28H31N3O2. The summed E-state index contributed by atoms with van der Waals surface area (Å²) in [5, 5.41) is 9.55. The molecule has 0 bridgehead atoms. The highest BCUT2D eigenvalue weighted by molar-refractivity contribution is 5.94. The maximum Gasteiger partial charge on any atom is 0.251 e. The summed E-state index contributed by atoms with van der Waals surface area (Å²) in [4.78, 5) is 25.6. The molecule has 170 valence electrons. The number of carbonyl (C=O) groups excluding carboxylic acids is 2. The Kier molecular flexibility index (Phi) is 7.53. The quantitative estimate of drug-likeness (QED) is 0.524. The summed E-state index contributed by atoms with van der Waals surface area (Å²) >= 11 is 0. The molecule has 5 heteroatoms. The van der Waals surface area contributed by atoms with Crippen molar-refractivity contribution >= 4 is 11.8 Å². The minimum atomic E-state index is -0.186. The molecule has 0 spiro atoms. The monoisotopic (exact) mass is 441 g/mol. The predicted octanol–water partition coefficient (Wildman–Crippen LogP) is 3.65. The third-order valence-corrected chi connectivity index (χ3v) is 6.25. The fourth-order valence-electron chi connectivity index (χ4n) is 4.37. The van der Waals surface area contributed by atoms with Crippen LogP contribution < -0.4 is 16.0 Å². The molecule has 1 heterocycles. The number of amides is 2. The Bertz CT molecular complexity index is 1010. The van der Waals surface area contributed by atoms with Crippen molar-refractivity contribution in [2.75, 3.05) is 19.6 Å². The van der Waals surface area contributed by atoms with Gasteiger partial charge < -0.3 is 16.0 Å². The number of rotatable bonds is 7. The first-order valence-electron chi connectivity index (χ1n) is 11.6. The molecule has 0 aromatic heterocycles. The largest absolute Gasteiger partial charge is 0.355 e. The van der Waals surface area contributed by atoms with E-state index in [1.807, 2.05) is 67.6 Å². The Hall–Kier alpha value is -3.44. The van der Waals surface area contributed by atoms with Gasteiger partial charge in [-0.1, -0.05) is 78.4 Å².